The number of nitrogens with zero attached hydrogens (tertiary/aromatic N) is 5. The molecule has 4 aromatic rings. The maximum Gasteiger partial charge on any atom is 0.324 e. The maximum absolute atomic E-state index is 13.4. The molecule has 2 N–H and O–H groups in total. The average Bonchev–Trinajstić information content (AvgIpc) is 3.25. The Bertz CT molecular complexity index is 1520. The predicted octanol–water partition coefficient (Wildman–Crippen LogP) is 4.40. The summed E-state index contributed by atoms with van der Waals surface area (Å²) >= 11 is 12.0. The Hall–Kier alpha value is -3.09. The SMILES string of the molecule is CN(C)CCNc1cnc(-n2ccc3cc(N(CC(=O)O)S(=O)(=O)c4cc(Cl)cc(Cl)c4)ccc32)cn1.Cl. The zero-order valence-corrected chi connectivity index (χ0v) is 23.5. The molecule has 0 aliphatic heterocycles. The van der Waals surface area contributed by atoms with Crippen LogP contribution in [0.4, 0.5) is 11.5 Å². The van der Waals surface area contributed by atoms with E-state index in [0.29, 0.717) is 17.0 Å². The van der Waals surface area contributed by atoms with Crippen molar-refractivity contribution in [1.29, 1.82) is 0 Å². The van der Waals surface area contributed by atoms with Crippen LogP contribution in [0.1, 0.15) is 0 Å². The van der Waals surface area contributed by atoms with Crippen LogP contribution >= 0.6 is 35.6 Å². The fraction of sp³-hybridized carbons (Fsp3) is 0.208. The van der Waals surface area contributed by atoms with Gasteiger partial charge in [-0.3, -0.25) is 13.7 Å². The van der Waals surface area contributed by atoms with E-state index in [2.05, 4.69) is 20.2 Å². The van der Waals surface area contributed by atoms with Gasteiger partial charge in [0, 0.05) is 34.7 Å². The molecular formula is C24H25Cl3N6O4S. The van der Waals surface area contributed by atoms with Crippen LogP contribution < -0.4 is 9.62 Å². The van der Waals surface area contributed by atoms with Gasteiger partial charge in [0.05, 0.1) is 28.5 Å². The summed E-state index contributed by atoms with van der Waals surface area (Å²) in [5, 5.41) is 13.6. The molecule has 0 fully saturated rings. The largest absolute Gasteiger partial charge is 0.480 e. The van der Waals surface area contributed by atoms with Crippen molar-refractivity contribution in [2.45, 2.75) is 4.90 Å². The third-order valence-corrected chi connectivity index (χ3v) is 7.60. The molecule has 0 radical (unpaired) electrons. The molecule has 0 saturated carbocycles. The minimum Gasteiger partial charge on any atom is -0.480 e. The predicted molar refractivity (Wildman–Crippen MR) is 152 cm³/mol. The number of anilines is 2. The van der Waals surface area contributed by atoms with Crippen molar-refractivity contribution in [1.82, 2.24) is 19.4 Å². The standard InChI is InChI=1S/C24H24Cl2N6O4S.ClH/c1-30(2)8-6-27-22-13-29-23(14-28-22)31-7-5-16-9-19(3-4-21(16)31)32(15-24(33)34)37(35,36)20-11-17(25)10-18(26)12-20;/h3-5,7,9-14H,6,8,15H2,1-2H3,(H,27,28)(H,33,34);1H. The minimum absolute atomic E-state index is 0. The van der Waals surface area contributed by atoms with Gasteiger partial charge >= 0.3 is 5.97 Å². The van der Waals surface area contributed by atoms with Crippen molar-refractivity contribution in [2.24, 2.45) is 0 Å². The lowest BCUT2D eigenvalue weighted by atomic mass is 10.2. The first-order valence-corrected chi connectivity index (χ1v) is 13.3. The molecule has 202 valence electrons. The summed E-state index contributed by atoms with van der Waals surface area (Å²) in [6, 6.07) is 10.5. The van der Waals surface area contributed by atoms with Crippen LogP contribution in [-0.4, -0.2) is 72.7 Å². The van der Waals surface area contributed by atoms with Crippen LogP contribution in [0.25, 0.3) is 16.7 Å². The number of carboxylic acid groups (broad SMARTS) is 1. The van der Waals surface area contributed by atoms with Crippen LogP contribution in [-0.2, 0) is 14.8 Å². The molecule has 2 aromatic carbocycles. The van der Waals surface area contributed by atoms with Gasteiger partial charge in [-0.15, -0.1) is 12.4 Å². The van der Waals surface area contributed by atoms with Crippen LogP contribution in [0, 0.1) is 0 Å². The molecule has 0 aliphatic rings. The molecule has 2 aromatic heterocycles. The first-order chi connectivity index (χ1) is 17.5. The average molecular weight is 600 g/mol. The Morgan fingerprint density at radius 1 is 1.05 bits per heavy atom. The monoisotopic (exact) mass is 598 g/mol. The summed E-state index contributed by atoms with van der Waals surface area (Å²) in [5.74, 6) is -0.0894. The number of halogens is 3. The maximum atomic E-state index is 13.4. The number of carboxylic acids is 1. The second-order valence-corrected chi connectivity index (χ2v) is 11.2. The van der Waals surface area contributed by atoms with Gasteiger partial charge in [0.2, 0.25) is 0 Å². The molecule has 0 atom stereocenters. The zero-order chi connectivity index (χ0) is 26.7. The summed E-state index contributed by atoms with van der Waals surface area (Å²) in [5.41, 5.74) is 0.917. The van der Waals surface area contributed by atoms with Crippen LogP contribution in [0.15, 0.2) is 66.0 Å². The van der Waals surface area contributed by atoms with E-state index in [1.165, 1.54) is 24.3 Å². The second-order valence-electron chi connectivity index (χ2n) is 8.43. The number of nitrogens with one attached hydrogen (secondary N) is 1. The van der Waals surface area contributed by atoms with Crippen LogP contribution in [0.3, 0.4) is 0 Å². The van der Waals surface area contributed by atoms with Gasteiger partial charge in [-0.25, -0.2) is 18.4 Å². The third kappa shape index (κ3) is 6.66. The van der Waals surface area contributed by atoms with Gasteiger partial charge in [0.1, 0.15) is 12.4 Å². The first-order valence-electron chi connectivity index (χ1n) is 11.1. The van der Waals surface area contributed by atoms with E-state index >= 15 is 0 Å². The van der Waals surface area contributed by atoms with Gasteiger partial charge < -0.3 is 15.3 Å². The Morgan fingerprint density at radius 2 is 1.76 bits per heavy atom. The highest BCUT2D eigenvalue weighted by Gasteiger charge is 2.28. The molecular weight excluding hydrogens is 575 g/mol. The lowest BCUT2D eigenvalue weighted by Crippen LogP contribution is -2.35. The summed E-state index contributed by atoms with van der Waals surface area (Å²) in [7, 11) is -0.305. The van der Waals surface area contributed by atoms with E-state index in [1.54, 1.807) is 36.8 Å². The minimum atomic E-state index is -4.28. The molecule has 2 heterocycles. The van der Waals surface area contributed by atoms with E-state index in [0.717, 1.165) is 22.9 Å². The molecule has 0 unspecified atom stereocenters. The molecule has 0 aliphatic carbocycles. The van der Waals surface area contributed by atoms with Gasteiger partial charge in [0.15, 0.2) is 5.82 Å². The Morgan fingerprint density at radius 3 is 2.37 bits per heavy atom. The van der Waals surface area contributed by atoms with Gasteiger partial charge in [0.25, 0.3) is 10.0 Å². The molecule has 4 rings (SSSR count). The number of fused-ring (bicyclic) bond motifs is 1. The molecule has 0 bridgehead atoms. The van der Waals surface area contributed by atoms with Crippen molar-refractivity contribution in [3.05, 3.63) is 71.1 Å². The number of carbonyl (C=O) groups is 1. The van der Waals surface area contributed by atoms with E-state index < -0.39 is 22.5 Å². The van der Waals surface area contributed by atoms with Crippen LogP contribution in [0.2, 0.25) is 10.0 Å². The van der Waals surface area contributed by atoms with Gasteiger partial charge in [-0.1, -0.05) is 23.2 Å². The van der Waals surface area contributed by atoms with Crippen LogP contribution in [0.5, 0.6) is 0 Å². The van der Waals surface area contributed by atoms with Crippen molar-refractivity contribution in [3.8, 4) is 5.82 Å². The number of likely N-dealkylation sites (N-methyl/N-ethyl adjacent to an activating group) is 1. The highest BCUT2D eigenvalue weighted by atomic mass is 35.5. The number of rotatable bonds is 10. The highest BCUT2D eigenvalue weighted by molar-refractivity contribution is 7.92. The first kappa shape index (κ1) is 29.5. The fourth-order valence-corrected chi connectivity index (χ4v) is 5.81. The normalized spacial score (nSPS) is 11.4. The van der Waals surface area contributed by atoms with Crippen molar-refractivity contribution < 1.29 is 18.3 Å². The van der Waals surface area contributed by atoms with E-state index in [1.807, 2.05) is 18.7 Å². The number of hydrogen-bond acceptors (Lipinski definition) is 7. The molecule has 14 heteroatoms. The van der Waals surface area contributed by atoms with E-state index in [4.69, 9.17) is 23.2 Å². The van der Waals surface area contributed by atoms with E-state index in [-0.39, 0.29) is 33.0 Å². The number of aromatic nitrogens is 3. The fourth-order valence-electron chi connectivity index (χ4n) is 3.67. The van der Waals surface area contributed by atoms with Gasteiger partial charge in [-0.05, 0) is 56.6 Å². The summed E-state index contributed by atoms with van der Waals surface area (Å²) in [4.78, 5) is 22.3. The van der Waals surface area contributed by atoms with Crippen molar-refractivity contribution >= 4 is 74.0 Å². The zero-order valence-electron chi connectivity index (χ0n) is 20.4. The summed E-state index contributed by atoms with van der Waals surface area (Å²) in [6.07, 6.45) is 5.06. The molecule has 38 heavy (non-hydrogen) atoms. The quantitative estimate of drug-likeness (QED) is 0.275. The number of benzene rings is 2. The Labute approximate surface area is 236 Å². The molecule has 0 saturated heterocycles. The van der Waals surface area contributed by atoms with Crippen molar-refractivity contribution in [2.75, 3.05) is 43.4 Å². The third-order valence-electron chi connectivity index (χ3n) is 5.41. The lowest BCUT2D eigenvalue weighted by molar-refractivity contribution is -0.135. The number of sulfonamides is 1. The Balaban J connectivity index is 0.00000400. The summed E-state index contributed by atoms with van der Waals surface area (Å²) in [6.45, 7) is 0.798. The van der Waals surface area contributed by atoms with E-state index in [9.17, 15) is 18.3 Å². The second kappa shape index (κ2) is 12.2. The topological polar surface area (TPSA) is 121 Å². The number of aliphatic carboxylic acids is 1. The summed E-state index contributed by atoms with van der Waals surface area (Å²) < 4.78 is 29.4. The molecule has 10 nitrogen and oxygen atoms in total. The van der Waals surface area contributed by atoms with Crippen molar-refractivity contribution in [3.63, 3.8) is 0 Å². The Kier molecular flexibility index (Phi) is 9.45. The smallest absolute Gasteiger partial charge is 0.324 e. The molecule has 0 amide bonds. The number of hydrogen-bond donors (Lipinski definition) is 2. The highest BCUT2D eigenvalue weighted by Crippen LogP contribution is 2.31. The molecule has 0 spiro atoms. The lowest BCUT2D eigenvalue weighted by Gasteiger charge is -2.23. The van der Waals surface area contributed by atoms with Gasteiger partial charge in [-0.2, -0.15) is 0 Å².